The minimum absolute atomic E-state index is 0.207. The molecule has 1 heterocycles. The van der Waals surface area contributed by atoms with Crippen molar-refractivity contribution in [1.29, 1.82) is 0 Å². The number of rotatable bonds is 5. The minimum Gasteiger partial charge on any atom is -0.493 e. The van der Waals surface area contributed by atoms with Crippen LogP contribution in [0.1, 0.15) is 12.8 Å². The number of aliphatic hydroxyl groups excluding tert-OH is 1. The molecule has 1 atom stereocenters. The van der Waals surface area contributed by atoms with Gasteiger partial charge in [0.1, 0.15) is 5.75 Å². The van der Waals surface area contributed by atoms with Crippen LogP contribution in [-0.2, 0) is 0 Å². The third-order valence-electron chi connectivity index (χ3n) is 3.55. The van der Waals surface area contributed by atoms with E-state index in [-0.39, 0.29) is 12.5 Å². The van der Waals surface area contributed by atoms with Crippen molar-refractivity contribution in [3.63, 3.8) is 0 Å². The number of nitrogens with one attached hydrogen (secondary N) is 1. The molecule has 2 N–H and O–H groups in total. The molecule has 1 unspecified atom stereocenters. The smallest absolute Gasteiger partial charge is 0.120 e. The fourth-order valence-corrected chi connectivity index (χ4v) is 2.79. The first kappa shape index (κ1) is 13.8. The number of benzene rings is 1. The van der Waals surface area contributed by atoms with E-state index in [9.17, 15) is 5.11 Å². The van der Waals surface area contributed by atoms with Crippen LogP contribution in [-0.4, -0.2) is 31.4 Å². The monoisotopic (exact) mass is 313 g/mol. The zero-order valence-corrected chi connectivity index (χ0v) is 12.0. The van der Waals surface area contributed by atoms with Gasteiger partial charge in [-0.25, -0.2) is 0 Å². The highest BCUT2D eigenvalue weighted by molar-refractivity contribution is 9.10. The van der Waals surface area contributed by atoms with Crippen LogP contribution in [0.4, 0.5) is 0 Å². The lowest BCUT2D eigenvalue weighted by atomic mass is 9.86. The Morgan fingerprint density at radius 3 is 2.83 bits per heavy atom. The number of halogens is 1. The summed E-state index contributed by atoms with van der Waals surface area (Å²) in [6.45, 7) is 2.91. The van der Waals surface area contributed by atoms with Crippen molar-refractivity contribution < 1.29 is 9.84 Å². The molecule has 1 saturated heterocycles. The van der Waals surface area contributed by atoms with Crippen LogP contribution in [0.25, 0.3) is 0 Å². The zero-order valence-electron chi connectivity index (χ0n) is 10.4. The van der Waals surface area contributed by atoms with Gasteiger partial charge in [-0.3, -0.25) is 0 Å². The summed E-state index contributed by atoms with van der Waals surface area (Å²) in [5.41, 5.74) is 0. The lowest BCUT2D eigenvalue weighted by molar-refractivity contribution is 0.102. The second-order valence-corrected chi connectivity index (χ2v) is 5.71. The fraction of sp³-hybridized carbons (Fsp3) is 0.571. The Morgan fingerprint density at radius 1 is 1.39 bits per heavy atom. The Balaban J connectivity index is 1.86. The van der Waals surface area contributed by atoms with E-state index in [1.54, 1.807) is 0 Å². The van der Waals surface area contributed by atoms with E-state index in [1.165, 1.54) is 0 Å². The maximum atomic E-state index is 9.50. The quantitative estimate of drug-likeness (QED) is 0.877. The van der Waals surface area contributed by atoms with Crippen molar-refractivity contribution in [1.82, 2.24) is 5.32 Å². The average molecular weight is 314 g/mol. The Hall–Kier alpha value is -0.580. The molecule has 1 aliphatic heterocycles. The van der Waals surface area contributed by atoms with Crippen molar-refractivity contribution in [2.24, 2.45) is 11.8 Å². The van der Waals surface area contributed by atoms with Crippen molar-refractivity contribution in [3.8, 4) is 5.75 Å². The topological polar surface area (TPSA) is 41.5 Å². The lowest BCUT2D eigenvalue weighted by Crippen LogP contribution is -2.35. The summed E-state index contributed by atoms with van der Waals surface area (Å²) in [7, 11) is 0. The molecule has 4 heteroatoms. The van der Waals surface area contributed by atoms with Crippen molar-refractivity contribution >= 4 is 15.9 Å². The molecule has 0 saturated carbocycles. The molecule has 0 aliphatic carbocycles. The maximum Gasteiger partial charge on any atom is 0.120 e. The molecule has 0 radical (unpaired) electrons. The predicted molar refractivity (Wildman–Crippen MR) is 75.8 cm³/mol. The Morgan fingerprint density at radius 2 is 2.17 bits per heavy atom. The van der Waals surface area contributed by atoms with E-state index in [0.29, 0.717) is 12.5 Å². The van der Waals surface area contributed by atoms with E-state index in [2.05, 4.69) is 21.2 Å². The fourth-order valence-electron chi connectivity index (χ4n) is 2.41. The third-order valence-corrected chi connectivity index (χ3v) is 4.04. The normalized spacial score (nSPS) is 18.6. The van der Waals surface area contributed by atoms with Gasteiger partial charge in [0.25, 0.3) is 0 Å². The summed E-state index contributed by atoms with van der Waals surface area (Å²) in [5.74, 6) is 1.67. The number of ether oxygens (including phenoxy) is 1. The summed E-state index contributed by atoms with van der Waals surface area (Å²) in [6.07, 6.45) is 2.26. The molecule has 2 rings (SSSR count). The number of hydrogen-bond acceptors (Lipinski definition) is 3. The Bertz CT molecular complexity index is 367. The number of aliphatic hydroxyl groups is 1. The summed E-state index contributed by atoms with van der Waals surface area (Å²) in [4.78, 5) is 0. The summed E-state index contributed by atoms with van der Waals surface area (Å²) in [5, 5.41) is 12.8. The van der Waals surface area contributed by atoms with Crippen molar-refractivity contribution in [3.05, 3.63) is 28.7 Å². The van der Waals surface area contributed by atoms with Gasteiger partial charge in [-0.05, 0) is 50.0 Å². The standard InChI is InChI=1S/C14H20BrNO2/c15-13-2-1-3-14(8-13)18-10-12(9-17)11-4-6-16-7-5-11/h1-3,8,11-12,16-17H,4-7,9-10H2. The average Bonchev–Trinajstić information content (AvgIpc) is 2.41. The number of piperidine rings is 1. The predicted octanol–water partition coefficient (Wildman–Crippen LogP) is 2.44. The van der Waals surface area contributed by atoms with E-state index in [4.69, 9.17) is 4.74 Å². The molecule has 18 heavy (non-hydrogen) atoms. The van der Waals surface area contributed by atoms with Crippen LogP contribution >= 0.6 is 15.9 Å². The van der Waals surface area contributed by atoms with E-state index in [1.807, 2.05) is 24.3 Å². The second kappa shape index (κ2) is 7.12. The molecule has 100 valence electrons. The largest absolute Gasteiger partial charge is 0.493 e. The highest BCUT2D eigenvalue weighted by Gasteiger charge is 2.23. The summed E-state index contributed by atoms with van der Waals surface area (Å²) >= 11 is 3.43. The van der Waals surface area contributed by atoms with Gasteiger partial charge in [-0.2, -0.15) is 0 Å². The first-order valence-corrected chi connectivity index (χ1v) is 7.29. The van der Waals surface area contributed by atoms with Crippen molar-refractivity contribution in [2.45, 2.75) is 12.8 Å². The van der Waals surface area contributed by atoms with Gasteiger partial charge in [-0.15, -0.1) is 0 Å². The molecular weight excluding hydrogens is 294 g/mol. The van der Waals surface area contributed by atoms with Crippen LogP contribution in [0.3, 0.4) is 0 Å². The van der Waals surface area contributed by atoms with Gasteiger partial charge in [0.15, 0.2) is 0 Å². The van der Waals surface area contributed by atoms with Gasteiger partial charge in [0.05, 0.1) is 6.61 Å². The highest BCUT2D eigenvalue weighted by Crippen LogP contribution is 2.24. The van der Waals surface area contributed by atoms with Crippen molar-refractivity contribution in [2.75, 3.05) is 26.3 Å². The maximum absolute atomic E-state index is 9.50. The van der Waals surface area contributed by atoms with Crippen LogP contribution in [0, 0.1) is 11.8 Å². The molecular formula is C14H20BrNO2. The van der Waals surface area contributed by atoms with Crippen LogP contribution in [0.15, 0.2) is 28.7 Å². The molecule has 3 nitrogen and oxygen atoms in total. The first-order valence-electron chi connectivity index (χ1n) is 6.49. The molecule has 0 spiro atoms. The van der Waals surface area contributed by atoms with Gasteiger partial charge in [0, 0.05) is 17.0 Å². The van der Waals surface area contributed by atoms with E-state index < -0.39 is 0 Å². The van der Waals surface area contributed by atoms with Gasteiger partial charge in [0.2, 0.25) is 0 Å². The minimum atomic E-state index is 0.207. The third kappa shape index (κ3) is 3.97. The molecule has 0 aromatic heterocycles. The number of hydrogen-bond donors (Lipinski definition) is 2. The lowest BCUT2D eigenvalue weighted by Gasteiger charge is -2.29. The second-order valence-electron chi connectivity index (χ2n) is 4.80. The highest BCUT2D eigenvalue weighted by atomic mass is 79.9. The van der Waals surface area contributed by atoms with E-state index >= 15 is 0 Å². The zero-order chi connectivity index (χ0) is 12.8. The summed E-state index contributed by atoms with van der Waals surface area (Å²) in [6, 6.07) is 7.83. The van der Waals surface area contributed by atoms with E-state index in [0.717, 1.165) is 36.2 Å². The summed E-state index contributed by atoms with van der Waals surface area (Å²) < 4.78 is 6.80. The molecule has 0 bridgehead atoms. The van der Waals surface area contributed by atoms with Gasteiger partial charge in [-0.1, -0.05) is 22.0 Å². The molecule has 1 aromatic rings. The SMILES string of the molecule is OCC(COc1cccc(Br)c1)C1CCNCC1. The molecule has 0 amide bonds. The van der Waals surface area contributed by atoms with Gasteiger partial charge >= 0.3 is 0 Å². The molecule has 1 aromatic carbocycles. The van der Waals surface area contributed by atoms with Crippen LogP contribution in [0.2, 0.25) is 0 Å². The van der Waals surface area contributed by atoms with Crippen LogP contribution < -0.4 is 10.1 Å². The van der Waals surface area contributed by atoms with Crippen LogP contribution in [0.5, 0.6) is 5.75 Å². The Kier molecular flexibility index (Phi) is 5.47. The Labute approximate surface area is 117 Å². The first-order chi connectivity index (χ1) is 8.79. The van der Waals surface area contributed by atoms with Gasteiger partial charge < -0.3 is 15.2 Å². The molecule has 1 aliphatic rings. The molecule has 1 fully saturated rings.